The normalized spacial score (nSPS) is 41.0. The zero-order chi connectivity index (χ0) is 7.30. The molecule has 0 aromatic rings. The second-order valence-electron chi connectivity index (χ2n) is 3.41. The fourth-order valence-electron chi connectivity index (χ4n) is 2.10. The Balaban J connectivity index is 0.000000605. The van der Waals surface area contributed by atoms with E-state index in [1.54, 1.807) is 0 Å². The van der Waals surface area contributed by atoms with Gasteiger partial charge in [-0.05, 0) is 18.9 Å². The van der Waals surface area contributed by atoms with E-state index in [1.807, 2.05) is 7.05 Å². The lowest BCUT2D eigenvalue weighted by Crippen LogP contribution is -2.21. The fraction of sp³-hybridized carbons (Fsp3) is 0.857. The molecule has 1 aliphatic carbocycles. The highest BCUT2D eigenvalue weighted by Crippen LogP contribution is 2.51. The summed E-state index contributed by atoms with van der Waals surface area (Å²) < 4.78 is 0. The first-order chi connectivity index (χ1) is 4.70. The van der Waals surface area contributed by atoms with E-state index in [4.69, 9.17) is 5.11 Å². The predicted molar refractivity (Wildman–Crippen MR) is 42.9 cm³/mol. The standard InChI is InChI=1S/C7H11NO2.ClH/c1-8-2-4-5(3-8)6(4)7(9)10;/h4-6H,2-3H2,1H3,(H,9,10);1H/t4-,5+,6+;. The Morgan fingerprint density at radius 1 is 1.45 bits per heavy atom. The number of likely N-dealkylation sites (tertiary alicyclic amines) is 1. The van der Waals surface area contributed by atoms with Crippen LogP contribution in [0.5, 0.6) is 0 Å². The summed E-state index contributed by atoms with van der Waals surface area (Å²) in [6.45, 7) is 1.98. The van der Waals surface area contributed by atoms with Gasteiger partial charge in [0.25, 0.3) is 0 Å². The van der Waals surface area contributed by atoms with Crippen molar-refractivity contribution in [3.63, 3.8) is 0 Å². The number of nitrogens with zero attached hydrogens (tertiary/aromatic N) is 1. The van der Waals surface area contributed by atoms with Gasteiger partial charge in [-0.15, -0.1) is 12.4 Å². The van der Waals surface area contributed by atoms with Crippen LogP contribution >= 0.6 is 12.4 Å². The Morgan fingerprint density at radius 2 is 1.91 bits per heavy atom. The lowest BCUT2D eigenvalue weighted by atomic mass is 10.3. The van der Waals surface area contributed by atoms with E-state index >= 15 is 0 Å². The second kappa shape index (κ2) is 2.64. The topological polar surface area (TPSA) is 40.5 Å². The molecule has 64 valence electrons. The summed E-state index contributed by atoms with van der Waals surface area (Å²) in [5, 5.41) is 8.63. The van der Waals surface area contributed by atoms with Crippen LogP contribution in [0.3, 0.4) is 0 Å². The maximum absolute atomic E-state index is 10.5. The third-order valence-electron chi connectivity index (χ3n) is 2.66. The lowest BCUT2D eigenvalue weighted by Gasteiger charge is -2.09. The highest BCUT2D eigenvalue weighted by Gasteiger charge is 2.58. The molecule has 3 nitrogen and oxygen atoms in total. The number of aliphatic carboxylic acids is 1. The summed E-state index contributed by atoms with van der Waals surface area (Å²) in [4.78, 5) is 12.7. The van der Waals surface area contributed by atoms with Gasteiger partial charge in [0.1, 0.15) is 0 Å². The molecule has 2 fully saturated rings. The van der Waals surface area contributed by atoms with Crippen LogP contribution in [0, 0.1) is 17.8 Å². The quantitative estimate of drug-likeness (QED) is 0.627. The van der Waals surface area contributed by atoms with Crippen molar-refractivity contribution in [1.29, 1.82) is 0 Å². The molecule has 0 spiro atoms. The van der Waals surface area contributed by atoms with Gasteiger partial charge in [0.15, 0.2) is 0 Å². The van der Waals surface area contributed by atoms with E-state index in [2.05, 4.69) is 4.90 Å². The van der Waals surface area contributed by atoms with E-state index in [1.165, 1.54) is 0 Å². The van der Waals surface area contributed by atoms with Gasteiger partial charge in [-0.2, -0.15) is 0 Å². The molecular weight excluding hydrogens is 166 g/mol. The van der Waals surface area contributed by atoms with E-state index in [-0.39, 0.29) is 18.3 Å². The Bertz CT molecular complexity index is 173. The fourth-order valence-corrected chi connectivity index (χ4v) is 2.10. The van der Waals surface area contributed by atoms with Crippen molar-refractivity contribution >= 4 is 18.4 Å². The Morgan fingerprint density at radius 3 is 2.27 bits per heavy atom. The average molecular weight is 178 g/mol. The highest BCUT2D eigenvalue weighted by atomic mass is 35.5. The predicted octanol–water partition coefficient (Wildman–Crippen LogP) is 0.300. The third-order valence-corrected chi connectivity index (χ3v) is 2.66. The summed E-state index contributed by atoms with van der Waals surface area (Å²) in [7, 11) is 2.05. The molecule has 1 saturated heterocycles. The number of halogens is 1. The number of hydrogen-bond acceptors (Lipinski definition) is 2. The molecule has 0 radical (unpaired) electrons. The van der Waals surface area contributed by atoms with Crippen LogP contribution in [-0.4, -0.2) is 36.1 Å². The molecule has 11 heavy (non-hydrogen) atoms. The van der Waals surface area contributed by atoms with Gasteiger partial charge in [0.2, 0.25) is 0 Å². The molecule has 0 unspecified atom stereocenters. The maximum Gasteiger partial charge on any atom is 0.307 e. The van der Waals surface area contributed by atoms with E-state index in [0.717, 1.165) is 13.1 Å². The number of hydrogen-bond donors (Lipinski definition) is 1. The molecule has 2 rings (SSSR count). The van der Waals surface area contributed by atoms with Crippen molar-refractivity contribution in [1.82, 2.24) is 4.90 Å². The summed E-state index contributed by atoms with van der Waals surface area (Å²) in [5.74, 6) is 0.351. The molecule has 1 aliphatic heterocycles. The summed E-state index contributed by atoms with van der Waals surface area (Å²) >= 11 is 0. The van der Waals surface area contributed by atoms with Crippen LogP contribution in [0.15, 0.2) is 0 Å². The summed E-state index contributed by atoms with van der Waals surface area (Å²) in [6, 6.07) is 0. The summed E-state index contributed by atoms with van der Waals surface area (Å²) in [6.07, 6.45) is 0. The number of carboxylic acids is 1. The molecule has 1 saturated carbocycles. The van der Waals surface area contributed by atoms with Crippen molar-refractivity contribution in [3.8, 4) is 0 Å². The van der Waals surface area contributed by atoms with Crippen molar-refractivity contribution in [3.05, 3.63) is 0 Å². The van der Waals surface area contributed by atoms with Crippen LogP contribution in [-0.2, 0) is 4.79 Å². The summed E-state index contributed by atoms with van der Waals surface area (Å²) in [5.41, 5.74) is 0. The first kappa shape index (κ1) is 8.81. The molecular formula is C7H12ClNO2. The monoisotopic (exact) mass is 177 g/mol. The highest BCUT2D eigenvalue weighted by molar-refractivity contribution is 5.85. The van der Waals surface area contributed by atoms with Crippen LogP contribution in [0.2, 0.25) is 0 Å². The van der Waals surface area contributed by atoms with Gasteiger partial charge >= 0.3 is 5.97 Å². The van der Waals surface area contributed by atoms with E-state index in [9.17, 15) is 4.79 Å². The third kappa shape index (κ3) is 1.23. The molecule has 1 heterocycles. The van der Waals surface area contributed by atoms with Gasteiger partial charge in [0, 0.05) is 13.1 Å². The zero-order valence-electron chi connectivity index (χ0n) is 6.36. The van der Waals surface area contributed by atoms with Gasteiger partial charge in [-0.3, -0.25) is 4.79 Å². The smallest absolute Gasteiger partial charge is 0.307 e. The molecule has 0 amide bonds. The van der Waals surface area contributed by atoms with Crippen molar-refractivity contribution < 1.29 is 9.90 Å². The lowest BCUT2D eigenvalue weighted by molar-refractivity contribution is -0.139. The number of fused-ring (bicyclic) bond motifs is 1. The van der Waals surface area contributed by atoms with E-state index in [0.29, 0.717) is 11.8 Å². The number of carbonyl (C=O) groups is 1. The minimum absolute atomic E-state index is 0. The first-order valence-electron chi connectivity index (χ1n) is 3.61. The minimum Gasteiger partial charge on any atom is -0.481 e. The molecule has 3 atom stereocenters. The molecule has 4 heteroatoms. The Hall–Kier alpha value is -0.280. The van der Waals surface area contributed by atoms with Gasteiger partial charge in [-0.1, -0.05) is 0 Å². The first-order valence-corrected chi connectivity index (χ1v) is 3.61. The van der Waals surface area contributed by atoms with Crippen LogP contribution in [0.25, 0.3) is 0 Å². The van der Waals surface area contributed by atoms with Crippen LogP contribution in [0.4, 0.5) is 0 Å². The van der Waals surface area contributed by atoms with Crippen LogP contribution < -0.4 is 0 Å². The second-order valence-corrected chi connectivity index (χ2v) is 3.41. The molecule has 2 aliphatic rings. The SMILES string of the molecule is CN1C[C@@H]2[C@H](C1)[C@H]2C(=O)O.Cl. The van der Waals surface area contributed by atoms with Crippen molar-refractivity contribution in [2.75, 3.05) is 20.1 Å². The maximum atomic E-state index is 10.5. The van der Waals surface area contributed by atoms with Crippen molar-refractivity contribution in [2.24, 2.45) is 17.8 Å². The largest absolute Gasteiger partial charge is 0.481 e. The van der Waals surface area contributed by atoms with Gasteiger partial charge in [0.05, 0.1) is 5.92 Å². The molecule has 1 N–H and O–H groups in total. The molecule has 0 aromatic heterocycles. The number of carboxylic acid groups (broad SMARTS) is 1. The average Bonchev–Trinajstić information content (AvgIpc) is 2.32. The Labute approximate surface area is 71.8 Å². The number of piperidine rings is 1. The molecule has 0 bridgehead atoms. The van der Waals surface area contributed by atoms with Crippen molar-refractivity contribution in [2.45, 2.75) is 0 Å². The zero-order valence-corrected chi connectivity index (χ0v) is 7.17. The molecule has 0 aromatic carbocycles. The minimum atomic E-state index is -0.594. The Kier molecular flexibility index (Phi) is 2.12. The van der Waals surface area contributed by atoms with Gasteiger partial charge < -0.3 is 10.0 Å². The van der Waals surface area contributed by atoms with Gasteiger partial charge in [-0.25, -0.2) is 0 Å². The van der Waals surface area contributed by atoms with Crippen LogP contribution in [0.1, 0.15) is 0 Å². The van der Waals surface area contributed by atoms with E-state index < -0.39 is 5.97 Å². The number of rotatable bonds is 1.